The van der Waals surface area contributed by atoms with Crippen LogP contribution in [0, 0.1) is 0 Å². The topological polar surface area (TPSA) is 27.7 Å². The lowest BCUT2D eigenvalue weighted by Crippen LogP contribution is -2.55. The molecule has 4 nitrogen and oxygen atoms in total. The molecule has 17 heavy (non-hydrogen) atoms. The summed E-state index contributed by atoms with van der Waals surface area (Å²) in [5.74, 6) is 0. The van der Waals surface area contributed by atoms with E-state index in [0.29, 0.717) is 12.1 Å². The standard InChI is InChI=1S/C13H25N3O/c1-11-7-14-4-6-15(11)8-13-9-16-5-2-3-12(16)10-17-13/h11-14H,2-10H2,1H3. The summed E-state index contributed by atoms with van der Waals surface area (Å²) >= 11 is 0. The van der Waals surface area contributed by atoms with Gasteiger partial charge in [0.2, 0.25) is 0 Å². The van der Waals surface area contributed by atoms with E-state index < -0.39 is 0 Å². The SMILES string of the molecule is CC1CNCCN1CC1CN2CCCC2CO1. The van der Waals surface area contributed by atoms with Gasteiger partial charge in [-0.25, -0.2) is 0 Å². The normalized spacial score (nSPS) is 40.4. The van der Waals surface area contributed by atoms with Crippen LogP contribution < -0.4 is 5.32 Å². The molecule has 0 saturated carbocycles. The van der Waals surface area contributed by atoms with Gasteiger partial charge >= 0.3 is 0 Å². The molecule has 3 aliphatic rings. The first-order valence-corrected chi connectivity index (χ1v) is 7.13. The lowest BCUT2D eigenvalue weighted by molar-refractivity contribution is -0.0663. The Morgan fingerprint density at radius 1 is 1.35 bits per heavy atom. The Balaban J connectivity index is 1.51. The number of hydrogen-bond donors (Lipinski definition) is 1. The molecule has 4 heteroatoms. The molecule has 3 atom stereocenters. The van der Waals surface area contributed by atoms with Crippen LogP contribution >= 0.6 is 0 Å². The summed E-state index contributed by atoms with van der Waals surface area (Å²) in [6, 6.07) is 1.38. The Bertz CT molecular complexity index is 261. The molecule has 3 unspecified atom stereocenters. The zero-order valence-electron chi connectivity index (χ0n) is 10.9. The highest BCUT2D eigenvalue weighted by Gasteiger charge is 2.33. The molecule has 0 bridgehead atoms. The molecule has 1 N–H and O–H groups in total. The van der Waals surface area contributed by atoms with Crippen LogP contribution in [-0.2, 0) is 4.74 Å². The number of nitrogens with zero attached hydrogens (tertiary/aromatic N) is 2. The van der Waals surface area contributed by atoms with Crippen molar-refractivity contribution in [2.75, 3.05) is 45.9 Å². The van der Waals surface area contributed by atoms with Crippen molar-refractivity contribution < 1.29 is 4.74 Å². The molecular formula is C13H25N3O. The molecule has 0 aliphatic carbocycles. The highest BCUT2D eigenvalue weighted by molar-refractivity contribution is 4.87. The lowest BCUT2D eigenvalue weighted by Gasteiger charge is -2.40. The summed E-state index contributed by atoms with van der Waals surface area (Å²) in [6.45, 7) is 10.3. The molecule has 3 aliphatic heterocycles. The molecule has 0 spiro atoms. The Hall–Kier alpha value is -0.160. The number of ether oxygens (including phenoxy) is 1. The van der Waals surface area contributed by atoms with Crippen molar-refractivity contribution in [2.45, 2.75) is 38.0 Å². The van der Waals surface area contributed by atoms with Crippen LogP contribution in [0.5, 0.6) is 0 Å². The third-order valence-corrected chi connectivity index (χ3v) is 4.54. The van der Waals surface area contributed by atoms with Gasteiger partial charge in [0, 0.05) is 44.8 Å². The van der Waals surface area contributed by atoms with Crippen LogP contribution in [0.25, 0.3) is 0 Å². The lowest BCUT2D eigenvalue weighted by atomic mass is 10.1. The zero-order valence-corrected chi connectivity index (χ0v) is 10.9. The molecular weight excluding hydrogens is 214 g/mol. The molecule has 0 amide bonds. The van der Waals surface area contributed by atoms with Crippen LogP contribution in [0.4, 0.5) is 0 Å². The minimum atomic E-state index is 0.435. The van der Waals surface area contributed by atoms with Gasteiger partial charge in [-0.2, -0.15) is 0 Å². The molecule has 0 aromatic rings. The van der Waals surface area contributed by atoms with Crippen molar-refractivity contribution in [3.63, 3.8) is 0 Å². The minimum absolute atomic E-state index is 0.435. The van der Waals surface area contributed by atoms with Crippen molar-refractivity contribution >= 4 is 0 Å². The molecule has 3 saturated heterocycles. The maximum absolute atomic E-state index is 6.04. The smallest absolute Gasteiger partial charge is 0.0829 e. The summed E-state index contributed by atoms with van der Waals surface area (Å²) < 4.78 is 6.04. The number of morpholine rings is 1. The molecule has 0 aromatic heterocycles. The second-order valence-corrected chi connectivity index (χ2v) is 5.79. The first kappa shape index (κ1) is 11.9. The van der Waals surface area contributed by atoms with Gasteiger partial charge in [0.1, 0.15) is 0 Å². The van der Waals surface area contributed by atoms with Crippen LogP contribution in [-0.4, -0.2) is 73.9 Å². The van der Waals surface area contributed by atoms with Gasteiger partial charge in [-0.3, -0.25) is 9.80 Å². The zero-order chi connectivity index (χ0) is 11.7. The molecule has 3 heterocycles. The van der Waals surface area contributed by atoms with Gasteiger partial charge in [0.25, 0.3) is 0 Å². The van der Waals surface area contributed by atoms with E-state index in [-0.39, 0.29) is 0 Å². The van der Waals surface area contributed by atoms with Crippen LogP contribution in [0.3, 0.4) is 0 Å². The Kier molecular flexibility index (Phi) is 3.66. The van der Waals surface area contributed by atoms with Crippen molar-refractivity contribution in [2.24, 2.45) is 0 Å². The molecule has 0 aromatic carbocycles. The van der Waals surface area contributed by atoms with Crippen LogP contribution in [0.2, 0.25) is 0 Å². The third kappa shape index (κ3) is 2.65. The highest BCUT2D eigenvalue weighted by Crippen LogP contribution is 2.23. The predicted octanol–water partition coefficient (Wildman–Crippen LogP) is 0.143. The van der Waals surface area contributed by atoms with Gasteiger partial charge in [-0.1, -0.05) is 0 Å². The van der Waals surface area contributed by atoms with E-state index in [9.17, 15) is 0 Å². The Labute approximate surface area is 104 Å². The highest BCUT2D eigenvalue weighted by atomic mass is 16.5. The van der Waals surface area contributed by atoms with Gasteiger partial charge in [0.15, 0.2) is 0 Å². The number of hydrogen-bond acceptors (Lipinski definition) is 4. The molecule has 0 radical (unpaired) electrons. The van der Waals surface area contributed by atoms with E-state index in [1.54, 1.807) is 0 Å². The van der Waals surface area contributed by atoms with Crippen molar-refractivity contribution in [1.82, 2.24) is 15.1 Å². The van der Waals surface area contributed by atoms with Gasteiger partial charge in [-0.15, -0.1) is 0 Å². The van der Waals surface area contributed by atoms with E-state index in [1.165, 1.54) is 25.9 Å². The molecule has 3 rings (SSSR count). The summed E-state index contributed by atoms with van der Waals surface area (Å²) in [4.78, 5) is 5.22. The first-order chi connectivity index (χ1) is 8.33. The number of fused-ring (bicyclic) bond motifs is 1. The van der Waals surface area contributed by atoms with E-state index in [2.05, 4.69) is 22.0 Å². The van der Waals surface area contributed by atoms with E-state index in [0.717, 1.165) is 38.8 Å². The third-order valence-electron chi connectivity index (χ3n) is 4.54. The number of piperazine rings is 1. The Morgan fingerprint density at radius 3 is 3.18 bits per heavy atom. The summed E-state index contributed by atoms with van der Waals surface area (Å²) in [5.41, 5.74) is 0. The molecule has 98 valence electrons. The van der Waals surface area contributed by atoms with Crippen molar-refractivity contribution in [1.29, 1.82) is 0 Å². The van der Waals surface area contributed by atoms with Crippen LogP contribution in [0.1, 0.15) is 19.8 Å². The van der Waals surface area contributed by atoms with E-state index in [1.807, 2.05) is 0 Å². The largest absolute Gasteiger partial charge is 0.374 e. The van der Waals surface area contributed by atoms with Crippen LogP contribution in [0.15, 0.2) is 0 Å². The summed E-state index contributed by atoms with van der Waals surface area (Å²) in [6.07, 6.45) is 3.14. The van der Waals surface area contributed by atoms with E-state index >= 15 is 0 Å². The minimum Gasteiger partial charge on any atom is -0.374 e. The second-order valence-electron chi connectivity index (χ2n) is 5.79. The maximum atomic E-state index is 6.04. The van der Waals surface area contributed by atoms with Crippen molar-refractivity contribution in [3.05, 3.63) is 0 Å². The maximum Gasteiger partial charge on any atom is 0.0829 e. The van der Waals surface area contributed by atoms with Gasteiger partial charge in [-0.05, 0) is 26.3 Å². The number of rotatable bonds is 2. The summed E-state index contributed by atoms with van der Waals surface area (Å²) in [7, 11) is 0. The van der Waals surface area contributed by atoms with Gasteiger partial charge < -0.3 is 10.1 Å². The van der Waals surface area contributed by atoms with Crippen molar-refractivity contribution in [3.8, 4) is 0 Å². The van der Waals surface area contributed by atoms with E-state index in [4.69, 9.17) is 4.74 Å². The van der Waals surface area contributed by atoms with Gasteiger partial charge in [0.05, 0.1) is 12.7 Å². The average Bonchev–Trinajstić information content (AvgIpc) is 2.79. The predicted molar refractivity (Wildman–Crippen MR) is 68.2 cm³/mol. The quantitative estimate of drug-likeness (QED) is 0.742. The monoisotopic (exact) mass is 239 g/mol. The average molecular weight is 239 g/mol. The Morgan fingerprint density at radius 2 is 2.29 bits per heavy atom. The second kappa shape index (κ2) is 5.22. The summed E-state index contributed by atoms with van der Waals surface area (Å²) in [5, 5.41) is 3.45. The molecule has 3 fully saturated rings. The first-order valence-electron chi connectivity index (χ1n) is 7.13. The fourth-order valence-electron chi connectivity index (χ4n) is 3.41. The fourth-order valence-corrected chi connectivity index (χ4v) is 3.41. The number of nitrogens with one attached hydrogen (secondary N) is 1. The fraction of sp³-hybridized carbons (Fsp3) is 1.00.